The summed E-state index contributed by atoms with van der Waals surface area (Å²) in [5.41, 5.74) is 0.284. The van der Waals surface area contributed by atoms with Crippen LogP contribution >= 0.6 is 0 Å². The Balaban J connectivity index is 2.70. The minimum atomic E-state index is -0.590. The van der Waals surface area contributed by atoms with Gasteiger partial charge in [0.2, 0.25) is 0 Å². The molecule has 0 spiro atoms. The third-order valence-corrected chi connectivity index (χ3v) is 3.14. The van der Waals surface area contributed by atoms with Gasteiger partial charge >= 0.3 is 0 Å². The van der Waals surface area contributed by atoms with Crippen molar-refractivity contribution in [2.75, 3.05) is 14.2 Å². The van der Waals surface area contributed by atoms with E-state index in [-0.39, 0.29) is 12.4 Å². The summed E-state index contributed by atoms with van der Waals surface area (Å²) >= 11 is 0. The molecular weight excluding hydrogens is 248 g/mol. The second-order valence-electron chi connectivity index (χ2n) is 5.09. The van der Waals surface area contributed by atoms with Gasteiger partial charge in [0.15, 0.2) is 17.3 Å². The SMILES string of the molecule is COc1cc2c(c(CO)c1OC)OC(C)(C)CC2=O. The maximum atomic E-state index is 12.2. The van der Waals surface area contributed by atoms with Gasteiger partial charge in [-0.25, -0.2) is 0 Å². The van der Waals surface area contributed by atoms with Gasteiger partial charge in [-0.3, -0.25) is 4.79 Å². The van der Waals surface area contributed by atoms with Gasteiger partial charge in [0.05, 0.1) is 38.4 Å². The Bertz CT molecular complexity index is 519. The van der Waals surface area contributed by atoms with Crippen molar-refractivity contribution in [3.8, 4) is 17.2 Å². The van der Waals surface area contributed by atoms with E-state index in [2.05, 4.69) is 0 Å². The van der Waals surface area contributed by atoms with Crippen LogP contribution in [0.1, 0.15) is 36.2 Å². The average Bonchev–Trinajstić information content (AvgIpc) is 2.35. The smallest absolute Gasteiger partial charge is 0.170 e. The molecular formula is C14H18O5. The molecule has 0 amide bonds. The Hall–Kier alpha value is -1.75. The molecule has 0 radical (unpaired) electrons. The van der Waals surface area contributed by atoms with Crippen molar-refractivity contribution in [1.82, 2.24) is 0 Å². The van der Waals surface area contributed by atoms with Crippen LogP contribution in [0, 0.1) is 0 Å². The van der Waals surface area contributed by atoms with E-state index in [0.29, 0.717) is 34.8 Å². The fourth-order valence-corrected chi connectivity index (χ4v) is 2.31. The summed E-state index contributed by atoms with van der Waals surface area (Å²) in [6.07, 6.45) is 0.292. The summed E-state index contributed by atoms with van der Waals surface area (Å²) in [4.78, 5) is 12.2. The maximum Gasteiger partial charge on any atom is 0.170 e. The Kier molecular flexibility index (Phi) is 3.41. The molecule has 104 valence electrons. The predicted molar refractivity (Wildman–Crippen MR) is 69.1 cm³/mol. The monoisotopic (exact) mass is 266 g/mol. The van der Waals surface area contributed by atoms with Gasteiger partial charge in [0.1, 0.15) is 11.4 Å². The van der Waals surface area contributed by atoms with Gasteiger partial charge in [0.25, 0.3) is 0 Å². The molecule has 2 rings (SSSR count). The molecule has 0 fully saturated rings. The number of carbonyl (C=O) groups excluding carboxylic acids is 1. The first kappa shape index (κ1) is 13.7. The van der Waals surface area contributed by atoms with E-state index in [4.69, 9.17) is 14.2 Å². The predicted octanol–water partition coefficient (Wildman–Crippen LogP) is 1.94. The Labute approximate surface area is 112 Å². The third kappa shape index (κ3) is 2.26. The lowest BCUT2D eigenvalue weighted by Crippen LogP contribution is -2.36. The minimum Gasteiger partial charge on any atom is -0.493 e. The number of fused-ring (bicyclic) bond motifs is 1. The van der Waals surface area contributed by atoms with Crippen molar-refractivity contribution < 1.29 is 24.1 Å². The standard InChI is InChI=1S/C14H18O5/c1-14(2)6-10(16)8-5-11(17-3)13(18-4)9(7-15)12(8)19-14/h5,15H,6-7H2,1-4H3. The molecule has 0 saturated carbocycles. The number of methoxy groups -OCH3 is 2. The number of hydrogen-bond donors (Lipinski definition) is 1. The lowest BCUT2D eigenvalue weighted by molar-refractivity contribution is 0.0601. The molecule has 1 N–H and O–H groups in total. The number of hydrogen-bond acceptors (Lipinski definition) is 5. The number of Topliss-reactive ketones (excluding diaryl/α,β-unsaturated/α-hetero) is 1. The van der Waals surface area contributed by atoms with E-state index < -0.39 is 5.60 Å². The molecule has 0 bridgehead atoms. The topological polar surface area (TPSA) is 65.0 Å². The van der Waals surface area contributed by atoms with Crippen molar-refractivity contribution in [3.63, 3.8) is 0 Å². The number of aliphatic hydroxyl groups is 1. The molecule has 5 nitrogen and oxygen atoms in total. The zero-order chi connectivity index (χ0) is 14.2. The van der Waals surface area contributed by atoms with Crippen LogP contribution in [0.3, 0.4) is 0 Å². The maximum absolute atomic E-state index is 12.2. The van der Waals surface area contributed by atoms with Gasteiger partial charge in [-0.15, -0.1) is 0 Å². The van der Waals surface area contributed by atoms with E-state index in [9.17, 15) is 9.90 Å². The second-order valence-corrected chi connectivity index (χ2v) is 5.09. The number of rotatable bonds is 3. The Morgan fingerprint density at radius 3 is 2.58 bits per heavy atom. The first-order chi connectivity index (χ1) is 8.93. The summed E-state index contributed by atoms with van der Waals surface area (Å²) in [6, 6.07) is 1.60. The van der Waals surface area contributed by atoms with Crippen molar-refractivity contribution in [3.05, 3.63) is 17.2 Å². The Morgan fingerprint density at radius 2 is 2.05 bits per heavy atom. The van der Waals surface area contributed by atoms with Crippen LogP contribution in [0.2, 0.25) is 0 Å². The van der Waals surface area contributed by atoms with Crippen LogP contribution in [0.15, 0.2) is 6.07 Å². The van der Waals surface area contributed by atoms with Crippen LogP contribution in [-0.2, 0) is 6.61 Å². The highest BCUT2D eigenvalue weighted by Crippen LogP contribution is 2.45. The molecule has 1 aromatic rings. The highest BCUT2D eigenvalue weighted by molar-refractivity contribution is 6.01. The first-order valence-electron chi connectivity index (χ1n) is 6.04. The zero-order valence-corrected chi connectivity index (χ0v) is 11.6. The number of carbonyl (C=O) groups is 1. The van der Waals surface area contributed by atoms with E-state index in [1.165, 1.54) is 14.2 Å². The second kappa shape index (κ2) is 4.74. The summed E-state index contributed by atoms with van der Waals surface area (Å²) in [7, 11) is 2.97. The molecule has 0 saturated heterocycles. The van der Waals surface area contributed by atoms with Crippen LogP contribution in [-0.4, -0.2) is 30.7 Å². The highest BCUT2D eigenvalue weighted by atomic mass is 16.5. The quantitative estimate of drug-likeness (QED) is 0.905. The van der Waals surface area contributed by atoms with Crippen LogP contribution in [0.5, 0.6) is 17.2 Å². The number of benzene rings is 1. The molecule has 19 heavy (non-hydrogen) atoms. The summed E-state index contributed by atoms with van der Waals surface area (Å²) in [6.45, 7) is 3.39. The molecule has 1 aromatic carbocycles. The zero-order valence-electron chi connectivity index (χ0n) is 11.6. The summed E-state index contributed by atoms with van der Waals surface area (Å²) in [5, 5.41) is 9.56. The van der Waals surface area contributed by atoms with E-state index in [1.807, 2.05) is 13.8 Å². The number of ether oxygens (including phenoxy) is 3. The summed E-state index contributed by atoms with van der Waals surface area (Å²) < 4.78 is 16.3. The first-order valence-corrected chi connectivity index (χ1v) is 6.04. The van der Waals surface area contributed by atoms with E-state index in [0.717, 1.165) is 0 Å². The molecule has 5 heteroatoms. The van der Waals surface area contributed by atoms with Gasteiger partial charge < -0.3 is 19.3 Å². The van der Waals surface area contributed by atoms with Gasteiger partial charge in [-0.1, -0.05) is 0 Å². The van der Waals surface area contributed by atoms with Crippen molar-refractivity contribution in [2.45, 2.75) is 32.5 Å². The largest absolute Gasteiger partial charge is 0.493 e. The fourth-order valence-electron chi connectivity index (χ4n) is 2.31. The Morgan fingerprint density at radius 1 is 1.37 bits per heavy atom. The van der Waals surface area contributed by atoms with Crippen LogP contribution in [0.4, 0.5) is 0 Å². The number of aliphatic hydroxyl groups excluding tert-OH is 1. The molecule has 0 atom stereocenters. The van der Waals surface area contributed by atoms with Gasteiger partial charge in [-0.2, -0.15) is 0 Å². The van der Waals surface area contributed by atoms with Crippen LogP contribution in [0.25, 0.3) is 0 Å². The number of ketones is 1. The van der Waals surface area contributed by atoms with Crippen molar-refractivity contribution in [1.29, 1.82) is 0 Å². The normalized spacial score (nSPS) is 16.6. The molecule has 0 aliphatic carbocycles. The van der Waals surface area contributed by atoms with E-state index >= 15 is 0 Å². The van der Waals surface area contributed by atoms with Crippen molar-refractivity contribution >= 4 is 5.78 Å². The third-order valence-electron chi connectivity index (χ3n) is 3.14. The summed E-state index contributed by atoms with van der Waals surface area (Å²) in [5.74, 6) is 1.18. The minimum absolute atomic E-state index is 0.0260. The fraction of sp³-hybridized carbons (Fsp3) is 0.500. The lowest BCUT2D eigenvalue weighted by atomic mass is 9.91. The van der Waals surface area contributed by atoms with Crippen molar-refractivity contribution in [2.24, 2.45) is 0 Å². The van der Waals surface area contributed by atoms with E-state index in [1.54, 1.807) is 6.07 Å². The van der Waals surface area contributed by atoms with Gasteiger partial charge in [-0.05, 0) is 19.9 Å². The molecule has 0 unspecified atom stereocenters. The molecule has 1 aliphatic heterocycles. The average molecular weight is 266 g/mol. The van der Waals surface area contributed by atoms with Crippen LogP contribution < -0.4 is 14.2 Å². The molecule has 1 heterocycles. The highest BCUT2D eigenvalue weighted by Gasteiger charge is 2.36. The molecule has 1 aliphatic rings. The molecule has 0 aromatic heterocycles. The lowest BCUT2D eigenvalue weighted by Gasteiger charge is -2.33. The van der Waals surface area contributed by atoms with Gasteiger partial charge in [0, 0.05) is 0 Å².